The monoisotopic (exact) mass is 387 g/mol. The molecule has 0 saturated carbocycles. The first-order valence-corrected chi connectivity index (χ1v) is 8.82. The Kier molecular flexibility index (Phi) is 6.35. The Morgan fingerprint density at radius 3 is 2.33 bits per heavy atom. The molecule has 6 nitrogen and oxygen atoms in total. The number of hydrogen-bond acceptors (Lipinski definition) is 3. The van der Waals surface area contributed by atoms with Crippen molar-refractivity contribution in [2.75, 3.05) is 37.6 Å². The Balaban J connectivity index is 1.83. The van der Waals surface area contributed by atoms with Crippen LogP contribution < -0.4 is 20.4 Å². The van der Waals surface area contributed by atoms with E-state index in [2.05, 4.69) is 10.6 Å². The zero-order valence-corrected chi connectivity index (χ0v) is 15.7. The summed E-state index contributed by atoms with van der Waals surface area (Å²) >= 11 is 0. The number of hydrogen-bond donors (Lipinski definition) is 3. The van der Waals surface area contributed by atoms with Gasteiger partial charge < -0.3 is 15.1 Å². The lowest BCUT2D eigenvalue weighted by molar-refractivity contribution is -0.892. The molecule has 9 heteroatoms. The van der Waals surface area contributed by atoms with Gasteiger partial charge in [0, 0.05) is 11.2 Å². The minimum absolute atomic E-state index is 0.147. The fourth-order valence-corrected chi connectivity index (χ4v) is 2.91. The molecule has 0 bridgehead atoms. The molecule has 150 valence electrons. The smallest absolute Gasteiger partial charge is 0.360 e. The number of carbonyl (C=O) groups excluding carboxylic acids is 2. The highest BCUT2D eigenvalue weighted by Crippen LogP contribution is 2.31. The number of piperazine rings is 1. The number of amides is 3. The van der Waals surface area contributed by atoms with Crippen molar-refractivity contribution in [2.24, 2.45) is 0 Å². The van der Waals surface area contributed by atoms with E-state index in [9.17, 15) is 22.8 Å². The van der Waals surface area contributed by atoms with E-state index in [1.54, 1.807) is 6.07 Å². The van der Waals surface area contributed by atoms with Gasteiger partial charge in [-0.05, 0) is 39.0 Å². The molecule has 27 heavy (non-hydrogen) atoms. The van der Waals surface area contributed by atoms with Crippen molar-refractivity contribution in [1.82, 2.24) is 10.6 Å². The molecule has 2 rings (SSSR count). The molecule has 1 saturated heterocycles. The van der Waals surface area contributed by atoms with Crippen LogP contribution >= 0.6 is 0 Å². The van der Waals surface area contributed by atoms with E-state index in [1.807, 2.05) is 25.7 Å². The molecule has 0 radical (unpaired) electrons. The molecule has 1 aromatic carbocycles. The second-order valence-electron chi connectivity index (χ2n) is 7.71. The Labute approximate surface area is 156 Å². The quantitative estimate of drug-likeness (QED) is 0.726. The third-order valence-corrected chi connectivity index (χ3v) is 4.16. The standard InChI is InChI=1S/C18H25F3N4O2/c1-17(2,3)23-16(27)22-15(26)12-24-7-9-25(10-8-24)14-6-4-5-13(11-14)18(19,20)21/h4-6,11H,7-10,12H2,1-3H3,(H2,22,23,26,27)/p+1. The average molecular weight is 387 g/mol. The maximum Gasteiger partial charge on any atom is 0.416 e. The number of nitrogens with one attached hydrogen (secondary N) is 3. The van der Waals surface area contributed by atoms with Gasteiger partial charge in [0.05, 0.1) is 31.7 Å². The van der Waals surface area contributed by atoms with E-state index < -0.39 is 23.3 Å². The fraction of sp³-hybridized carbons (Fsp3) is 0.556. The minimum atomic E-state index is -4.37. The van der Waals surface area contributed by atoms with Gasteiger partial charge in [-0.2, -0.15) is 13.2 Å². The van der Waals surface area contributed by atoms with Gasteiger partial charge in [-0.15, -0.1) is 0 Å². The van der Waals surface area contributed by atoms with Crippen LogP contribution in [0, 0.1) is 0 Å². The van der Waals surface area contributed by atoms with E-state index in [0.29, 0.717) is 31.9 Å². The van der Waals surface area contributed by atoms with Crippen molar-refractivity contribution >= 4 is 17.6 Å². The third kappa shape index (κ3) is 6.74. The highest BCUT2D eigenvalue weighted by molar-refractivity contribution is 5.94. The second-order valence-corrected chi connectivity index (χ2v) is 7.71. The molecular weight excluding hydrogens is 361 g/mol. The number of carbonyl (C=O) groups is 2. The van der Waals surface area contributed by atoms with Crippen LogP contribution in [-0.2, 0) is 11.0 Å². The van der Waals surface area contributed by atoms with Gasteiger partial charge in [0.25, 0.3) is 5.91 Å². The molecule has 3 amide bonds. The summed E-state index contributed by atoms with van der Waals surface area (Å²) < 4.78 is 38.5. The number of halogens is 3. The normalized spacial score (nSPS) is 16.1. The Morgan fingerprint density at radius 1 is 1.15 bits per heavy atom. The SMILES string of the molecule is CC(C)(C)NC(=O)NC(=O)C[NH+]1CCN(c2cccc(C(F)(F)F)c2)CC1. The van der Waals surface area contributed by atoms with Crippen molar-refractivity contribution in [2.45, 2.75) is 32.5 Å². The third-order valence-electron chi connectivity index (χ3n) is 4.16. The lowest BCUT2D eigenvalue weighted by Crippen LogP contribution is -3.16. The molecule has 1 aromatic rings. The molecule has 1 aliphatic heterocycles. The number of urea groups is 1. The highest BCUT2D eigenvalue weighted by atomic mass is 19.4. The molecular formula is C18H26F3N4O2+. The lowest BCUT2D eigenvalue weighted by Gasteiger charge is -2.33. The molecule has 1 aliphatic rings. The van der Waals surface area contributed by atoms with Gasteiger partial charge >= 0.3 is 12.2 Å². The highest BCUT2D eigenvalue weighted by Gasteiger charge is 2.31. The Hall–Kier alpha value is -2.29. The van der Waals surface area contributed by atoms with Crippen molar-refractivity contribution < 1.29 is 27.7 Å². The summed E-state index contributed by atoms with van der Waals surface area (Å²) in [5.41, 5.74) is -0.578. The molecule has 0 aromatic heterocycles. The molecule has 0 aliphatic carbocycles. The number of alkyl halides is 3. The Morgan fingerprint density at radius 2 is 1.78 bits per heavy atom. The second kappa shape index (κ2) is 8.16. The van der Waals surface area contributed by atoms with Crippen molar-refractivity contribution in [3.63, 3.8) is 0 Å². The summed E-state index contributed by atoms with van der Waals surface area (Å²) in [6, 6.07) is 4.73. The summed E-state index contributed by atoms with van der Waals surface area (Å²) in [5.74, 6) is -0.376. The average Bonchev–Trinajstić information content (AvgIpc) is 2.53. The first kappa shape index (κ1) is 21.0. The van der Waals surface area contributed by atoms with E-state index in [4.69, 9.17) is 0 Å². The molecule has 0 atom stereocenters. The van der Waals surface area contributed by atoms with E-state index in [1.165, 1.54) is 6.07 Å². The summed E-state index contributed by atoms with van der Waals surface area (Å²) in [6.07, 6.45) is -4.37. The van der Waals surface area contributed by atoms with Crippen LogP contribution in [-0.4, -0.2) is 50.2 Å². The molecule has 1 fully saturated rings. The number of anilines is 1. The van der Waals surface area contributed by atoms with Gasteiger partial charge in [0.1, 0.15) is 0 Å². The topological polar surface area (TPSA) is 65.9 Å². The summed E-state index contributed by atoms with van der Waals surface area (Å²) in [7, 11) is 0. The number of rotatable bonds is 3. The van der Waals surface area contributed by atoms with Gasteiger partial charge in [0.2, 0.25) is 0 Å². The maximum absolute atomic E-state index is 12.8. The van der Waals surface area contributed by atoms with Crippen LogP contribution in [0.3, 0.4) is 0 Å². The fourth-order valence-electron chi connectivity index (χ4n) is 2.91. The van der Waals surface area contributed by atoms with Crippen LogP contribution in [0.2, 0.25) is 0 Å². The zero-order valence-electron chi connectivity index (χ0n) is 15.7. The minimum Gasteiger partial charge on any atom is -0.360 e. The van der Waals surface area contributed by atoms with Crippen LogP contribution in [0.5, 0.6) is 0 Å². The molecule has 1 heterocycles. The largest absolute Gasteiger partial charge is 0.416 e. The first-order chi connectivity index (χ1) is 12.4. The van der Waals surface area contributed by atoms with Crippen LogP contribution in [0.25, 0.3) is 0 Å². The van der Waals surface area contributed by atoms with Crippen molar-refractivity contribution in [1.29, 1.82) is 0 Å². The van der Waals surface area contributed by atoms with Gasteiger partial charge in [-0.1, -0.05) is 6.07 Å². The van der Waals surface area contributed by atoms with Gasteiger partial charge in [0.15, 0.2) is 6.54 Å². The summed E-state index contributed by atoms with van der Waals surface area (Å²) in [6.45, 7) is 7.87. The summed E-state index contributed by atoms with van der Waals surface area (Å²) in [5, 5.41) is 4.96. The van der Waals surface area contributed by atoms with E-state index >= 15 is 0 Å². The summed E-state index contributed by atoms with van der Waals surface area (Å²) in [4.78, 5) is 26.6. The van der Waals surface area contributed by atoms with Crippen LogP contribution in [0.15, 0.2) is 24.3 Å². The lowest BCUT2D eigenvalue weighted by atomic mass is 10.1. The maximum atomic E-state index is 12.8. The van der Waals surface area contributed by atoms with Gasteiger partial charge in [-0.25, -0.2) is 4.79 Å². The van der Waals surface area contributed by atoms with Crippen LogP contribution in [0.1, 0.15) is 26.3 Å². The predicted molar refractivity (Wildman–Crippen MR) is 95.6 cm³/mol. The molecule has 0 unspecified atom stereocenters. The molecule has 3 N–H and O–H groups in total. The van der Waals surface area contributed by atoms with Gasteiger partial charge in [-0.3, -0.25) is 10.1 Å². The zero-order chi connectivity index (χ0) is 20.2. The number of benzene rings is 1. The van der Waals surface area contributed by atoms with E-state index in [0.717, 1.165) is 17.0 Å². The number of quaternary nitrogens is 1. The first-order valence-electron chi connectivity index (χ1n) is 8.82. The number of nitrogens with zero attached hydrogens (tertiary/aromatic N) is 1. The van der Waals surface area contributed by atoms with Crippen LogP contribution in [0.4, 0.5) is 23.7 Å². The molecule has 0 spiro atoms. The Bertz CT molecular complexity index is 678. The van der Waals surface area contributed by atoms with E-state index in [-0.39, 0.29) is 12.5 Å². The predicted octanol–water partition coefficient (Wildman–Crippen LogP) is 1.03. The van der Waals surface area contributed by atoms with Crippen molar-refractivity contribution in [3.05, 3.63) is 29.8 Å². The number of imide groups is 1. The van der Waals surface area contributed by atoms with Crippen molar-refractivity contribution in [3.8, 4) is 0 Å².